The summed E-state index contributed by atoms with van der Waals surface area (Å²) in [6.07, 6.45) is 0. The first-order valence-electron chi connectivity index (χ1n) is 8.45. The third-order valence-corrected chi connectivity index (χ3v) is 7.02. The van der Waals surface area contributed by atoms with E-state index in [1.165, 1.54) is 12.1 Å². The Hall–Kier alpha value is -2.56. The molecule has 0 N–H and O–H groups in total. The summed E-state index contributed by atoms with van der Waals surface area (Å²) in [5, 5.41) is 8.50. The Bertz CT molecular complexity index is 1170. The maximum atomic E-state index is 12.5. The number of ether oxygens (including phenoxy) is 1. The highest BCUT2D eigenvalue weighted by Crippen LogP contribution is 2.30. The van der Waals surface area contributed by atoms with Gasteiger partial charge in [-0.3, -0.25) is 4.79 Å². The first kappa shape index (κ1) is 19.7. The second-order valence-corrected chi connectivity index (χ2v) is 9.19. The predicted octanol–water partition coefficient (Wildman–Crippen LogP) is 3.24. The van der Waals surface area contributed by atoms with Crippen LogP contribution in [0.5, 0.6) is 5.75 Å². The normalized spacial score (nSPS) is 14.8. The lowest BCUT2D eigenvalue weighted by Crippen LogP contribution is -2.32. The van der Waals surface area contributed by atoms with Gasteiger partial charge in [-0.2, -0.15) is 0 Å². The van der Waals surface area contributed by atoms with Crippen molar-refractivity contribution in [2.45, 2.75) is 16.7 Å². The fourth-order valence-corrected chi connectivity index (χ4v) is 5.30. The van der Waals surface area contributed by atoms with Gasteiger partial charge in [-0.1, -0.05) is 47.6 Å². The van der Waals surface area contributed by atoms with Crippen molar-refractivity contribution in [3.05, 3.63) is 65.0 Å². The zero-order valence-electron chi connectivity index (χ0n) is 14.8. The van der Waals surface area contributed by atoms with Crippen LogP contribution in [0.25, 0.3) is 0 Å². The molecule has 0 saturated heterocycles. The number of carbonyl (C=O) groups excluding carboxylic acids is 1. The molecule has 0 unspecified atom stereocenters. The number of carbonyl (C=O) groups is 1. The first-order chi connectivity index (χ1) is 14.0. The van der Waals surface area contributed by atoms with Gasteiger partial charge < -0.3 is 9.15 Å². The van der Waals surface area contributed by atoms with Gasteiger partial charge in [-0.25, -0.2) is 12.7 Å². The van der Waals surface area contributed by atoms with Crippen molar-refractivity contribution in [1.29, 1.82) is 0 Å². The van der Waals surface area contributed by atoms with Crippen LogP contribution in [-0.4, -0.2) is 41.1 Å². The zero-order chi connectivity index (χ0) is 20.4. The van der Waals surface area contributed by atoms with Crippen molar-refractivity contribution in [2.24, 2.45) is 0 Å². The zero-order valence-corrected chi connectivity index (χ0v) is 17.2. The van der Waals surface area contributed by atoms with E-state index in [4.69, 9.17) is 20.8 Å². The number of amides is 1. The van der Waals surface area contributed by atoms with Gasteiger partial charge in [0.2, 0.25) is 0 Å². The van der Waals surface area contributed by atoms with Crippen molar-refractivity contribution >= 4 is 39.3 Å². The minimum Gasteiger partial charge on any atom is -0.482 e. The highest BCUT2D eigenvalue weighted by atomic mass is 35.5. The summed E-state index contributed by atoms with van der Waals surface area (Å²) in [6.45, 7) is 0.0416. The number of halogens is 1. The molecular weight excluding hydrogens is 438 g/mol. The molecular formula is C18H14ClN3O5S2. The van der Waals surface area contributed by atoms with E-state index in [1.54, 1.807) is 36.4 Å². The number of hydrogen-bond acceptors (Lipinski definition) is 8. The molecule has 1 aliphatic heterocycles. The quantitative estimate of drug-likeness (QED) is 0.504. The third-order valence-electron chi connectivity index (χ3n) is 4.07. The standard InChI is InChI=1S/C18H14ClN3O5S2/c19-13-6-2-3-7-14(13)26-11-16-20-21-18(27-16)28-10-9-22-17(23)12-5-1-4-8-15(12)29(22,24)25/h1-8H,9-11H2. The van der Waals surface area contributed by atoms with Crippen LogP contribution in [-0.2, 0) is 16.6 Å². The number of sulfonamides is 1. The van der Waals surface area contributed by atoms with E-state index in [0.29, 0.717) is 10.8 Å². The minimum absolute atomic E-state index is 0.00561. The lowest BCUT2D eigenvalue weighted by Gasteiger charge is -2.13. The molecule has 0 saturated carbocycles. The average Bonchev–Trinajstić information content (AvgIpc) is 3.24. The van der Waals surface area contributed by atoms with Gasteiger partial charge in [0.05, 0.1) is 10.6 Å². The Balaban J connectivity index is 1.33. The van der Waals surface area contributed by atoms with E-state index in [-0.39, 0.29) is 40.5 Å². The third kappa shape index (κ3) is 3.96. The number of para-hydroxylation sites is 1. The van der Waals surface area contributed by atoms with Gasteiger partial charge in [-0.15, -0.1) is 10.2 Å². The maximum absolute atomic E-state index is 12.5. The van der Waals surface area contributed by atoms with Gasteiger partial charge in [0.25, 0.3) is 27.0 Å². The molecule has 1 amide bonds. The van der Waals surface area contributed by atoms with Gasteiger partial charge >= 0.3 is 0 Å². The molecule has 1 aromatic heterocycles. The van der Waals surface area contributed by atoms with Gasteiger partial charge in [0, 0.05) is 12.3 Å². The molecule has 0 atom stereocenters. The molecule has 0 spiro atoms. The molecule has 4 rings (SSSR count). The summed E-state index contributed by atoms with van der Waals surface area (Å²) in [7, 11) is -3.82. The van der Waals surface area contributed by atoms with Crippen molar-refractivity contribution in [3.63, 3.8) is 0 Å². The van der Waals surface area contributed by atoms with Crippen LogP contribution in [0, 0.1) is 0 Å². The Kier molecular flexibility index (Phi) is 5.48. The molecule has 3 aromatic rings. The SMILES string of the molecule is O=C1c2ccccc2S(=O)(=O)N1CCSc1nnc(COc2ccccc2Cl)o1. The van der Waals surface area contributed by atoms with Crippen LogP contribution < -0.4 is 4.74 Å². The highest BCUT2D eigenvalue weighted by Gasteiger charge is 2.40. The minimum atomic E-state index is -3.82. The summed E-state index contributed by atoms with van der Waals surface area (Å²) in [5.74, 6) is 0.496. The van der Waals surface area contributed by atoms with Crippen LogP contribution in [0.2, 0.25) is 5.02 Å². The summed E-state index contributed by atoms with van der Waals surface area (Å²) in [6, 6.07) is 13.2. The van der Waals surface area contributed by atoms with Crippen molar-refractivity contribution < 1.29 is 22.4 Å². The second-order valence-electron chi connectivity index (χ2n) is 5.91. The first-order valence-corrected chi connectivity index (χ1v) is 11.3. The van der Waals surface area contributed by atoms with Crippen LogP contribution in [0.15, 0.2) is 63.1 Å². The average molecular weight is 452 g/mol. The molecule has 0 bridgehead atoms. The molecule has 0 radical (unpaired) electrons. The molecule has 2 aromatic carbocycles. The van der Waals surface area contributed by atoms with E-state index in [9.17, 15) is 13.2 Å². The highest BCUT2D eigenvalue weighted by molar-refractivity contribution is 7.99. The van der Waals surface area contributed by atoms with E-state index in [1.807, 2.05) is 0 Å². The number of rotatable bonds is 7. The largest absolute Gasteiger partial charge is 0.482 e. The van der Waals surface area contributed by atoms with Gasteiger partial charge in [-0.05, 0) is 24.3 Å². The van der Waals surface area contributed by atoms with Crippen LogP contribution in [0.3, 0.4) is 0 Å². The number of aromatic nitrogens is 2. The lowest BCUT2D eigenvalue weighted by atomic mass is 10.2. The summed E-state index contributed by atoms with van der Waals surface area (Å²) < 4.78 is 36.9. The van der Waals surface area contributed by atoms with E-state index in [2.05, 4.69) is 10.2 Å². The van der Waals surface area contributed by atoms with Crippen molar-refractivity contribution in [1.82, 2.24) is 14.5 Å². The topological polar surface area (TPSA) is 103 Å². The Morgan fingerprint density at radius 2 is 1.86 bits per heavy atom. The van der Waals surface area contributed by atoms with Crippen LogP contribution in [0.1, 0.15) is 16.2 Å². The molecule has 8 nitrogen and oxygen atoms in total. The number of hydrogen-bond donors (Lipinski definition) is 0. The van der Waals surface area contributed by atoms with E-state index in [0.717, 1.165) is 16.1 Å². The molecule has 2 heterocycles. The van der Waals surface area contributed by atoms with Gasteiger partial charge in [0.15, 0.2) is 6.61 Å². The number of thioether (sulfide) groups is 1. The van der Waals surface area contributed by atoms with Crippen LogP contribution in [0.4, 0.5) is 0 Å². The maximum Gasteiger partial charge on any atom is 0.276 e. The predicted molar refractivity (Wildman–Crippen MR) is 105 cm³/mol. The Morgan fingerprint density at radius 1 is 1.10 bits per heavy atom. The van der Waals surface area contributed by atoms with Gasteiger partial charge in [0.1, 0.15) is 10.6 Å². The Morgan fingerprint density at radius 3 is 2.66 bits per heavy atom. The van der Waals surface area contributed by atoms with E-state index < -0.39 is 15.9 Å². The molecule has 0 aliphatic carbocycles. The van der Waals surface area contributed by atoms with E-state index >= 15 is 0 Å². The number of nitrogens with zero attached hydrogens (tertiary/aromatic N) is 3. The molecule has 11 heteroatoms. The summed E-state index contributed by atoms with van der Waals surface area (Å²) in [5.41, 5.74) is 0.189. The number of fused-ring (bicyclic) bond motifs is 1. The fourth-order valence-electron chi connectivity index (χ4n) is 2.72. The molecule has 29 heavy (non-hydrogen) atoms. The lowest BCUT2D eigenvalue weighted by molar-refractivity contribution is 0.0876. The summed E-state index contributed by atoms with van der Waals surface area (Å²) in [4.78, 5) is 12.4. The smallest absolute Gasteiger partial charge is 0.276 e. The monoisotopic (exact) mass is 451 g/mol. The summed E-state index contributed by atoms with van der Waals surface area (Å²) >= 11 is 7.17. The number of benzene rings is 2. The van der Waals surface area contributed by atoms with Crippen molar-refractivity contribution in [3.8, 4) is 5.75 Å². The second kappa shape index (κ2) is 8.05. The van der Waals surface area contributed by atoms with Crippen LogP contribution >= 0.6 is 23.4 Å². The molecule has 1 aliphatic rings. The van der Waals surface area contributed by atoms with Crippen molar-refractivity contribution in [2.75, 3.05) is 12.3 Å². The fraction of sp³-hybridized carbons (Fsp3) is 0.167. The Labute approximate surface area is 175 Å². The molecule has 150 valence electrons. The molecule has 0 fully saturated rings.